The van der Waals surface area contributed by atoms with Crippen molar-refractivity contribution in [3.63, 3.8) is 0 Å². The average Bonchev–Trinajstić information content (AvgIpc) is 0.775. The van der Waals surface area contributed by atoms with Gasteiger partial charge in [-0.05, 0) is 195 Å². The van der Waals surface area contributed by atoms with Gasteiger partial charge in [0, 0.05) is 119 Å². The number of nitrogens with zero attached hydrogens (tertiary/aromatic N) is 2. The van der Waals surface area contributed by atoms with E-state index in [2.05, 4.69) is 88.7 Å². The number of nitrogen functional groups attached to an aromatic ring is 2. The van der Waals surface area contributed by atoms with Crippen molar-refractivity contribution in [3.8, 4) is 50.9 Å². The number of ether oxygens (including phenoxy) is 6. The number of para-hydroxylation sites is 6. The topological polar surface area (TPSA) is 396 Å². The van der Waals surface area contributed by atoms with Crippen LogP contribution in [0.1, 0.15) is 107 Å². The lowest BCUT2D eigenvalue weighted by Crippen LogP contribution is -2.19. The molecule has 3 aromatic heterocycles. The van der Waals surface area contributed by atoms with Crippen LogP contribution in [0.2, 0.25) is 5.15 Å². The summed E-state index contributed by atoms with van der Waals surface area (Å²) < 4.78 is 33.4. The van der Waals surface area contributed by atoms with E-state index >= 15 is 0 Å². The van der Waals surface area contributed by atoms with E-state index in [1.165, 1.54) is 7.11 Å². The smallest absolute Gasteiger partial charge is 0.310 e. The number of carbonyl (C=O) groups excluding carboxylic acids is 8. The lowest BCUT2D eigenvalue weighted by Gasteiger charge is -2.15. The van der Waals surface area contributed by atoms with Crippen LogP contribution in [0.3, 0.4) is 0 Å². The number of aromatic amines is 2. The van der Waals surface area contributed by atoms with Crippen LogP contribution in [0.4, 0.5) is 17.1 Å². The van der Waals surface area contributed by atoms with E-state index in [0.29, 0.717) is 91.3 Å². The molecule has 1 amide bonds. The first kappa shape index (κ1) is 110. The van der Waals surface area contributed by atoms with Crippen LogP contribution in [0.25, 0.3) is 66.1 Å². The summed E-state index contributed by atoms with van der Waals surface area (Å²) in [5.41, 5.74) is 23.4. The quantitative estimate of drug-likeness (QED) is 0.00732. The van der Waals surface area contributed by atoms with Gasteiger partial charge in [-0.2, -0.15) is 5.26 Å². The number of ketones is 2. The molecule has 31 heteroatoms. The number of aromatic nitrogens is 3. The molecule has 15 aromatic rings. The number of benzene rings is 12. The van der Waals surface area contributed by atoms with Crippen LogP contribution in [-0.2, 0) is 71.8 Å². The summed E-state index contributed by atoms with van der Waals surface area (Å²) in [6.07, 6.45) is -0.174. The van der Waals surface area contributed by atoms with E-state index in [-0.39, 0.29) is 104 Å². The molecule has 12 aromatic carbocycles. The Balaban J connectivity index is 0.000000200. The van der Waals surface area contributed by atoms with Crippen molar-refractivity contribution in [2.75, 3.05) is 57.4 Å². The number of amides is 1. The summed E-state index contributed by atoms with van der Waals surface area (Å²) in [7, 11) is 3.10. The third-order valence-corrected chi connectivity index (χ3v) is 22.1. The number of carbonyl (C=O) groups is 9. The van der Waals surface area contributed by atoms with Gasteiger partial charge >= 0.3 is 29.8 Å². The fraction of sp³-hybridized carbons (Fsp3) is 0.157. The number of esters is 4. The molecule has 8 N–H and O–H groups in total. The maximum absolute atomic E-state index is 12.8. The highest BCUT2D eigenvalue weighted by Gasteiger charge is 2.24. The second-order valence-electron chi connectivity index (χ2n) is 29.3. The Kier molecular flexibility index (Phi) is 45.4. The first-order chi connectivity index (χ1) is 66.9. The molecule has 0 atom stereocenters. The van der Waals surface area contributed by atoms with Gasteiger partial charge in [0.15, 0.2) is 11.6 Å². The average molecular weight is 2170 g/mol. The number of aliphatic carboxylic acids is 1. The maximum atomic E-state index is 12.8. The third-order valence-electron chi connectivity index (χ3n) is 19.7. The zero-order valence-corrected chi connectivity index (χ0v) is 84.1. The Hall–Kier alpha value is -14.5. The van der Waals surface area contributed by atoms with Crippen LogP contribution in [0.5, 0.6) is 11.5 Å². The predicted octanol–water partition coefficient (Wildman–Crippen LogP) is 23.5. The minimum absolute atomic E-state index is 0.00826. The van der Waals surface area contributed by atoms with Gasteiger partial charge in [-0.3, -0.25) is 52.7 Å². The molecule has 0 spiro atoms. The fourth-order valence-electron chi connectivity index (χ4n) is 13.5. The van der Waals surface area contributed by atoms with Crippen LogP contribution in [0, 0.1) is 11.3 Å². The van der Waals surface area contributed by atoms with Crippen LogP contribution < -0.4 is 37.4 Å². The highest BCUT2D eigenvalue weighted by Crippen LogP contribution is 2.38. The number of nitrogens with one attached hydrogen (secondary N) is 3. The summed E-state index contributed by atoms with van der Waals surface area (Å²) >= 11 is 25.0. The van der Waals surface area contributed by atoms with Gasteiger partial charge < -0.3 is 60.3 Å². The van der Waals surface area contributed by atoms with Gasteiger partial charge in [-0.15, -0.1) is 0 Å². The van der Waals surface area contributed by atoms with E-state index in [1.807, 2.05) is 194 Å². The Morgan fingerprint density at radius 3 is 1.26 bits per heavy atom. The van der Waals surface area contributed by atoms with E-state index in [9.17, 15) is 52.7 Å². The van der Waals surface area contributed by atoms with E-state index in [1.54, 1.807) is 144 Å². The zero-order chi connectivity index (χ0) is 101. The van der Waals surface area contributed by atoms with Crippen molar-refractivity contribution in [1.82, 2.24) is 15.0 Å². The number of hydrogen-bond acceptors (Lipinski definition) is 21. The van der Waals surface area contributed by atoms with Gasteiger partial charge in [0.25, 0.3) is 11.1 Å². The number of rotatable bonds is 26. The number of anilines is 3. The SMILES string of the molecule is CCOC(=O)CCC(=O)Cl.CCOC(=O)CCC(=O)Nc1ccccc1C(=O)c1cccc(OC)c1.CCOC(=O)Cc1c(-c2cccc(Br)c2)c2ccccc2[nH]c1=O.CCOC(=O)Cc1c(Cl)nc2ccccc2c1-c1cccc(Br)c1.COc1cccc(C(=O)c2ccccc2N)c1.N#Cc1cccc(Br)c1.Nc1ccccc1.O=C(O)Cc1c(-c2cccc(Br)c2)c2ccccc2[nH]c1=O. The second-order valence-corrected chi connectivity index (χ2v) is 33.8. The molecule has 0 saturated heterocycles. The molecular weight excluding hydrogens is 2070 g/mol. The van der Waals surface area contributed by atoms with Gasteiger partial charge in [-0.1, -0.05) is 239 Å². The largest absolute Gasteiger partial charge is 0.497 e. The van der Waals surface area contributed by atoms with Gasteiger partial charge in [-0.25, -0.2) is 4.98 Å². The fourth-order valence-corrected chi connectivity index (χ4v) is 15.5. The summed E-state index contributed by atoms with van der Waals surface area (Å²) in [5.74, 6) is -2.01. The number of carboxylic acids is 1. The molecule has 0 aliphatic carbocycles. The number of nitriles is 1. The summed E-state index contributed by atoms with van der Waals surface area (Å²) in [6.45, 7) is 8.19. The normalized spacial score (nSPS) is 10.2. The predicted molar refractivity (Wildman–Crippen MR) is 558 cm³/mol. The van der Waals surface area contributed by atoms with Crippen LogP contribution >= 0.6 is 86.9 Å². The summed E-state index contributed by atoms with van der Waals surface area (Å²) in [4.78, 5) is 139. The number of carboxylic acid groups (broad SMARTS) is 1. The lowest BCUT2D eigenvalue weighted by atomic mass is 9.95. The lowest BCUT2D eigenvalue weighted by molar-refractivity contribution is -0.144. The van der Waals surface area contributed by atoms with Gasteiger partial charge in [0.1, 0.15) is 16.7 Å². The molecule has 0 radical (unpaired) electrons. The van der Waals surface area contributed by atoms with Crippen molar-refractivity contribution in [2.24, 2.45) is 0 Å². The number of fused-ring (bicyclic) bond motifs is 3. The number of H-pyrrole nitrogens is 2. The molecular formula is C108H97Br4Cl2N7O18. The molecule has 0 unspecified atom stereocenters. The Labute approximate surface area is 846 Å². The van der Waals surface area contributed by atoms with Gasteiger partial charge in [0.2, 0.25) is 11.1 Å². The van der Waals surface area contributed by atoms with E-state index in [4.69, 9.17) is 68.7 Å². The minimum atomic E-state index is -1.03. The van der Waals surface area contributed by atoms with Crippen molar-refractivity contribution in [1.29, 1.82) is 5.26 Å². The number of halogens is 6. The second kappa shape index (κ2) is 57.5. The van der Waals surface area contributed by atoms with Crippen molar-refractivity contribution in [3.05, 3.63) is 386 Å². The van der Waals surface area contributed by atoms with E-state index < -0.39 is 23.2 Å². The first-order valence-electron chi connectivity index (χ1n) is 43.1. The Morgan fingerprint density at radius 2 is 0.820 bits per heavy atom. The molecule has 0 aliphatic rings. The molecule has 0 saturated carbocycles. The van der Waals surface area contributed by atoms with Gasteiger partial charge in [0.05, 0.1) is 95.6 Å². The Morgan fingerprint density at radius 1 is 0.424 bits per heavy atom. The first-order valence-corrected chi connectivity index (χ1v) is 47.1. The van der Waals surface area contributed by atoms with E-state index in [0.717, 1.165) is 78.6 Å². The molecule has 139 heavy (non-hydrogen) atoms. The summed E-state index contributed by atoms with van der Waals surface area (Å²) in [5, 5.41) is 22.7. The summed E-state index contributed by atoms with van der Waals surface area (Å²) in [6, 6.07) is 92.3. The van der Waals surface area contributed by atoms with Crippen LogP contribution in [-0.4, -0.2) is 113 Å². The van der Waals surface area contributed by atoms with Crippen LogP contribution in [0.15, 0.2) is 325 Å². The highest BCUT2D eigenvalue weighted by atomic mass is 79.9. The van der Waals surface area contributed by atoms with Crippen molar-refractivity contribution in [2.45, 2.75) is 72.6 Å². The molecule has 0 aliphatic heterocycles. The number of nitrogens with two attached hydrogens (primary N) is 2. The van der Waals surface area contributed by atoms with Crippen molar-refractivity contribution >= 4 is 189 Å². The Bertz CT molecular complexity index is 7000. The minimum Gasteiger partial charge on any atom is -0.497 e. The molecule has 15 rings (SSSR count). The molecule has 714 valence electrons. The maximum Gasteiger partial charge on any atom is 0.310 e. The third kappa shape index (κ3) is 34.9. The molecule has 0 bridgehead atoms. The highest BCUT2D eigenvalue weighted by molar-refractivity contribution is 9.11. The molecule has 25 nitrogen and oxygen atoms in total. The standard InChI is InChI=1S/C20H21NO5.C19H15BrClNO2.C19H16BrNO3.C17H12BrNO3.C14H13NO2.C7H4BrN.C6H9ClO3.C6H7N/c1-3-26-19(23)12-11-18(22)21-17-10-5-4-9-16(17)20(24)14-7-6-8-15(13-14)25-2;1-2-24-17(23)11-15-18(12-6-5-7-13(20)10-12)14-8-3-4-9-16(14)22-19(15)21;1-2-24-17(22)11-15-18(12-6-5-7-13(20)10-12)14-8-3-4-9-16(14)21-19(15)23;18-11-5-3-4-10(8-11)16-12-6-1-2-7-14(12)19-17(22)13(16)9-15(20)21;1-17-11-6-4-5-10(9-11)14(16)12-7-2-3-8-13(12)15;8-7-3-1-2-6(4-7)5-9;1-2-10-6(9)4-3-5(7)8;7-6-4-2-1-3-5-6/h4-10,13H,3,11-12H2,1-2H3,(H,21,22);3-10H,2,11H2,1H3;3-10H,2,11H2,1H3,(H,21,23);1-8H,9H2,(H,19,22)(H,20,21);2-9H,15H2,1H3;1-4H;2-4H2,1H3;1-5H,7H2. The van der Waals surface area contributed by atoms with Crippen molar-refractivity contribution < 1.29 is 76.7 Å². The molecule has 3 heterocycles. The number of methoxy groups -OCH3 is 2. The zero-order valence-electron chi connectivity index (χ0n) is 76.3. The molecule has 0 fully saturated rings. The number of pyridine rings is 3. The monoisotopic (exact) mass is 2170 g/mol. The number of hydrogen-bond donors (Lipinski definition) is 6.